The Kier molecular flexibility index (Phi) is 11.7. The molecule has 1 aromatic rings. The molecule has 9 atom stereocenters. The van der Waals surface area contributed by atoms with E-state index < -0.39 is 28.9 Å². The Morgan fingerprint density at radius 1 is 0.983 bits per heavy atom. The molecule has 2 heterocycles. The van der Waals surface area contributed by atoms with E-state index in [1.807, 2.05) is 23.1 Å². The van der Waals surface area contributed by atoms with Gasteiger partial charge in [0.1, 0.15) is 6.10 Å². The van der Waals surface area contributed by atoms with Gasteiger partial charge in [-0.3, -0.25) is 29.1 Å². The number of nitrogens with zero attached hydrogens (tertiary/aromatic N) is 3. The lowest BCUT2D eigenvalue weighted by Gasteiger charge is -2.72. The molecule has 0 spiro atoms. The summed E-state index contributed by atoms with van der Waals surface area (Å²) in [5.41, 5.74) is 1.08. The van der Waals surface area contributed by atoms with Crippen LogP contribution in [0.4, 0.5) is 0 Å². The quantitative estimate of drug-likeness (QED) is 0.189. The predicted octanol–water partition coefficient (Wildman–Crippen LogP) is 8.26. The Morgan fingerprint density at radius 2 is 1.73 bits per heavy atom. The minimum absolute atomic E-state index is 0.0113. The number of carbonyl (C=O) groups excluding carboxylic acids is 3. The minimum atomic E-state index is -1.18. The van der Waals surface area contributed by atoms with Crippen molar-refractivity contribution < 1.29 is 34.1 Å². The summed E-state index contributed by atoms with van der Waals surface area (Å²) in [4.78, 5) is 60.8. The number of carboxylic acids is 1. The number of rotatable bonds is 13. The number of fused-ring (bicyclic) bond motifs is 7. The number of amides is 1. The van der Waals surface area contributed by atoms with Crippen molar-refractivity contribution in [2.24, 2.45) is 56.2 Å². The van der Waals surface area contributed by atoms with Crippen molar-refractivity contribution in [1.82, 2.24) is 14.8 Å². The number of Topliss-reactive ketones (excluding diaryl/α,β-unsaturated/α-hetero) is 1. The third kappa shape index (κ3) is 7.31. The Balaban J connectivity index is 1.16. The summed E-state index contributed by atoms with van der Waals surface area (Å²) >= 11 is 0. The number of pyridine rings is 1. The number of hydrogen-bond donors (Lipinski definition) is 2. The number of hydrogen-bond acceptors (Lipinski definition) is 8. The molecule has 2 N–H and O–H groups in total. The third-order valence-corrected chi connectivity index (χ3v) is 17.9. The van der Waals surface area contributed by atoms with Crippen LogP contribution in [0.3, 0.4) is 0 Å². The second kappa shape index (κ2) is 15.7. The fraction of sp³-hybridized carbons (Fsp3) is 0.776. The maximum atomic E-state index is 14.4. The first kappa shape index (κ1) is 44.0. The number of aliphatic hydroxyl groups is 1. The number of carboxylic acid groups (broad SMARTS) is 1. The van der Waals surface area contributed by atoms with Crippen LogP contribution in [0.25, 0.3) is 0 Å². The molecule has 0 radical (unpaired) electrons. The Morgan fingerprint density at radius 3 is 2.37 bits per heavy atom. The predicted molar refractivity (Wildman–Crippen MR) is 227 cm³/mol. The van der Waals surface area contributed by atoms with E-state index in [4.69, 9.17) is 4.74 Å². The molecule has 0 aromatic carbocycles. The van der Waals surface area contributed by atoms with Crippen molar-refractivity contribution in [3.05, 3.63) is 41.2 Å². The number of aliphatic carboxylic acids is 1. The van der Waals surface area contributed by atoms with Gasteiger partial charge in [-0.25, -0.2) is 0 Å². The maximum absolute atomic E-state index is 14.4. The molecule has 5 aliphatic carbocycles. The second-order valence-corrected chi connectivity index (χ2v) is 22.1. The molecule has 59 heavy (non-hydrogen) atoms. The van der Waals surface area contributed by atoms with Gasteiger partial charge in [0.2, 0.25) is 5.91 Å². The number of aliphatic hydroxyl groups excluding tert-OH is 1. The smallest absolute Gasteiger partial charge is 0.309 e. The molecule has 0 bridgehead atoms. The number of allylic oxidation sites excluding steroid dienone is 1. The van der Waals surface area contributed by atoms with Gasteiger partial charge in [0.15, 0.2) is 5.78 Å². The van der Waals surface area contributed by atoms with E-state index in [0.717, 1.165) is 75.6 Å². The van der Waals surface area contributed by atoms with Crippen LogP contribution < -0.4 is 0 Å². The summed E-state index contributed by atoms with van der Waals surface area (Å²) in [5, 5.41) is 22.4. The fourth-order valence-corrected chi connectivity index (χ4v) is 14.5. The number of likely N-dealkylation sites (tertiary alicyclic amines) is 1. The number of esters is 1. The number of ether oxygens (including phenoxy) is 1. The van der Waals surface area contributed by atoms with Crippen molar-refractivity contribution in [2.45, 2.75) is 158 Å². The molecule has 7 rings (SSSR count). The largest absolute Gasteiger partial charge is 0.481 e. The standard InChI is InChI=1S/C49H73N3O7/c1-31(2)41-34(53)27-49(37(54)30-51(29-32-13-10-11-23-50-32)25-26-52-24-12-14-39(52)55)22-21-47(8)33(42(41)49)15-16-36-46(7)19-18-38(59-40(56)28-44(3,4)43(57)58)45(5,6)35(46)17-20-48(36,47)9/h10-11,13,23,31,33,35-38,54H,12,14-22,24-30H2,1-9H3,(H,57,58)/t33-,35-,36-,37+,38+,46+,47-,48-,49+/m1/s1. The highest BCUT2D eigenvalue weighted by molar-refractivity contribution is 6.00. The first-order chi connectivity index (χ1) is 27.6. The van der Waals surface area contributed by atoms with Gasteiger partial charge in [0.25, 0.3) is 0 Å². The van der Waals surface area contributed by atoms with E-state index in [2.05, 4.69) is 58.4 Å². The molecule has 1 amide bonds. The molecule has 10 nitrogen and oxygen atoms in total. The summed E-state index contributed by atoms with van der Waals surface area (Å²) in [7, 11) is 0. The lowest BCUT2D eigenvalue weighted by atomic mass is 9.33. The van der Waals surface area contributed by atoms with Crippen LogP contribution in [0.1, 0.15) is 145 Å². The second-order valence-electron chi connectivity index (χ2n) is 22.1. The zero-order valence-corrected chi connectivity index (χ0v) is 37.6. The van der Waals surface area contributed by atoms with Gasteiger partial charge >= 0.3 is 11.9 Å². The van der Waals surface area contributed by atoms with Crippen LogP contribution in [0.2, 0.25) is 0 Å². The van der Waals surface area contributed by atoms with Crippen LogP contribution in [-0.2, 0) is 30.5 Å². The highest BCUT2D eigenvalue weighted by Gasteiger charge is 2.71. The third-order valence-electron chi connectivity index (χ3n) is 17.9. The molecule has 1 saturated heterocycles. The first-order valence-corrected chi connectivity index (χ1v) is 22.9. The van der Waals surface area contributed by atoms with E-state index in [1.54, 1.807) is 20.0 Å². The van der Waals surface area contributed by atoms with Crippen molar-refractivity contribution in [1.29, 1.82) is 0 Å². The summed E-state index contributed by atoms with van der Waals surface area (Å²) in [5.74, 6) is 0.0501. The highest BCUT2D eigenvalue weighted by Crippen LogP contribution is 2.77. The Bertz CT molecular complexity index is 1840. The molecule has 1 aliphatic heterocycles. The monoisotopic (exact) mass is 816 g/mol. The van der Waals surface area contributed by atoms with Crippen LogP contribution in [-0.4, -0.2) is 87.0 Å². The molecule has 5 fully saturated rings. The van der Waals surface area contributed by atoms with Crippen LogP contribution in [0.5, 0.6) is 0 Å². The van der Waals surface area contributed by atoms with Crippen molar-refractivity contribution in [2.75, 3.05) is 26.2 Å². The lowest BCUT2D eigenvalue weighted by Crippen LogP contribution is -2.66. The molecule has 326 valence electrons. The highest BCUT2D eigenvalue weighted by atomic mass is 16.5. The molecular weight excluding hydrogens is 743 g/mol. The van der Waals surface area contributed by atoms with Gasteiger partial charge in [-0.05, 0) is 129 Å². The summed E-state index contributed by atoms with van der Waals surface area (Å²) in [6.45, 7) is 22.6. The first-order valence-electron chi connectivity index (χ1n) is 22.9. The van der Waals surface area contributed by atoms with Crippen LogP contribution in [0.15, 0.2) is 35.5 Å². The average Bonchev–Trinajstić information content (AvgIpc) is 3.71. The zero-order chi connectivity index (χ0) is 42.9. The zero-order valence-electron chi connectivity index (χ0n) is 37.6. The number of ketones is 1. The molecule has 6 aliphatic rings. The molecule has 1 aromatic heterocycles. The normalized spacial score (nSPS) is 36.0. The summed E-state index contributed by atoms with van der Waals surface area (Å²) in [6, 6.07) is 5.92. The molecular formula is C49H73N3O7. The topological polar surface area (TPSA) is 137 Å². The van der Waals surface area contributed by atoms with Gasteiger partial charge < -0.3 is 19.8 Å². The van der Waals surface area contributed by atoms with E-state index in [9.17, 15) is 29.4 Å². The molecule has 10 heteroatoms. The van der Waals surface area contributed by atoms with Crippen molar-refractivity contribution in [3.8, 4) is 0 Å². The Hall–Kier alpha value is -3.11. The number of carbonyl (C=O) groups is 4. The molecule has 0 unspecified atom stereocenters. The van der Waals surface area contributed by atoms with Crippen molar-refractivity contribution in [3.63, 3.8) is 0 Å². The minimum Gasteiger partial charge on any atom is -0.481 e. The lowest BCUT2D eigenvalue weighted by molar-refractivity contribution is -0.235. The maximum Gasteiger partial charge on any atom is 0.309 e. The van der Waals surface area contributed by atoms with E-state index >= 15 is 0 Å². The average molecular weight is 816 g/mol. The molecule has 4 saturated carbocycles. The van der Waals surface area contributed by atoms with Gasteiger partial charge in [-0.1, -0.05) is 60.1 Å². The van der Waals surface area contributed by atoms with Crippen LogP contribution in [0, 0.1) is 56.2 Å². The van der Waals surface area contributed by atoms with E-state index in [1.165, 1.54) is 5.57 Å². The van der Waals surface area contributed by atoms with Crippen LogP contribution >= 0.6 is 0 Å². The van der Waals surface area contributed by atoms with Crippen molar-refractivity contribution >= 4 is 23.6 Å². The SMILES string of the molecule is CC(C)C1=C2[C@H]3CC[C@@H]4[C@@]5(C)CC[C@H](OC(=O)CC(C)(C)C(=O)O)C(C)(C)[C@H]5CC[C@@]4(C)[C@]3(C)CC[C@@]2([C@@H](O)CN(CCN2CCCC2=O)Cc2ccccn2)CC1=O. The Labute approximate surface area is 353 Å². The fourth-order valence-electron chi connectivity index (χ4n) is 14.5. The van der Waals surface area contributed by atoms with Gasteiger partial charge in [0.05, 0.1) is 23.6 Å². The van der Waals surface area contributed by atoms with Gasteiger partial charge in [-0.2, -0.15) is 0 Å². The number of aromatic nitrogens is 1. The summed E-state index contributed by atoms with van der Waals surface area (Å²) < 4.78 is 6.20. The summed E-state index contributed by atoms with van der Waals surface area (Å²) in [6.07, 6.45) is 10.1. The van der Waals surface area contributed by atoms with E-state index in [-0.39, 0.29) is 57.7 Å². The van der Waals surface area contributed by atoms with Gasteiger partial charge in [-0.15, -0.1) is 0 Å². The van der Waals surface area contributed by atoms with Gasteiger partial charge in [0, 0.05) is 62.6 Å². The van der Waals surface area contributed by atoms with E-state index in [0.29, 0.717) is 50.9 Å².